The molecule has 0 saturated heterocycles. The average molecular weight is 285 g/mol. The summed E-state index contributed by atoms with van der Waals surface area (Å²) < 4.78 is 28.5. The molecule has 1 aromatic carbocycles. The van der Waals surface area contributed by atoms with Crippen LogP contribution in [0.1, 0.15) is 25.3 Å². The number of nitrogens with two attached hydrogens (primary N) is 1. The third-order valence-electron chi connectivity index (χ3n) is 2.68. The lowest BCUT2D eigenvalue weighted by Crippen LogP contribution is -2.42. The van der Waals surface area contributed by atoms with E-state index in [0.29, 0.717) is 31.7 Å². The number of hydrogen-bond acceptors (Lipinski definition) is 3. The molecule has 0 amide bonds. The molecule has 1 rings (SSSR count). The van der Waals surface area contributed by atoms with Crippen molar-refractivity contribution in [1.29, 1.82) is 0 Å². The van der Waals surface area contributed by atoms with Crippen molar-refractivity contribution >= 4 is 15.9 Å². The van der Waals surface area contributed by atoms with Gasteiger partial charge in [-0.3, -0.25) is 4.31 Å². The molecule has 6 heteroatoms. The first-order valence-corrected chi connectivity index (χ1v) is 7.99. The quantitative estimate of drug-likeness (QED) is 0.758. The molecule has 0 spiro atoms. The number of rotatable bonds is 8. The van der Waals surface area contributed by atoms with Gasteiger partial charge in [-0.15, -0.1) is 0 Å². The Morgan fingerprint density at radius 2 is 2.11 bits per heavy atom. The van der Waals surface area contributed by atoms with Gasteiger partial charge in [0.1, 0.15) is 0 Å². The highest BCUT2D eigenvalue weighted by Crippen LogP contribution is 2.19. The molecule has 0 aromatic heterocycles. The van der Waals surface area contributed by atoms with E-state index in [-0.39, 0.29) is 0 Å². The monoisotopic (exact) mass is 285 g/mol. The van der Waals surface area contributed by atoms with Crippen LogP contribution in [0.5, 0.6) is 0 Å². The third kappa shape index (κ3) is 4.81. The molecule has 108 valence electrons. The van der Waals surface area contributed by atoms with Crippen LogP contribution in [0.25, 0.3) is 0 Å². The summed E-state index contributed by atoms with van der Waals surface area (Å²) >= 11 is 0. The molecule has 0 unspecified atom stereocenters. The van der Waals surface area contributed by atoms with Gasteiger partial charge < -0.3 is 5.73 Å². The molecular formula is C13H23N3O2S. The summed E-state index contributed by atoms with van der Waals surface area (Å²) in [5.74, 6) is 0. The van der Waals surface area contributed by atoms with Crippen molar-refractivity contribution in [2.75, 3.05) is 23.9 Å². The van der Waals surface area contributed by atoms with Crippen LogP contribution in [0.4, 0.5) is 5.69 Å². The fourth-order valence-corrected chi connectivity index (χ4v) is 3.09. The summed E-state index contributed by atoms with van der Waals surface area (Å²) in [5.41, 5.74) is 7.19. The van der Waals surface area contributed by atoms with E-state index in [2.05, 4.69) is 4.72 Å². The first-order valence-electron chi connectivity index (χ1n) is 6.55. The number of anilines is 1. The zero-order chi connectivity index (χ0) is 14.3. The lowest BCUT2D eigenvalue weighted by atomic mass is 10.2. The van der Waals surface area contributed by atoms with Crippen LogP contribution >= 0.6 is 0 Å². The topological polar surface area (TPSA) is 75.4 Å². The smallest absolute Gasteiger partial charge is 0.301 e. The molecule has 0 aliphatic rings. The van der Waals surface area contributed by atoms with Gasteiger partial charge >= 0.3 is 10.2 Å². The van der Waals surface area contributed by atoms with Crippen LogP contribution in [0.2, 0.25) is 0 Å². The summed E-state index contributed by atoms with van der Waals surface area (Å²) in [5, 5.41) is 0. The van der Waals surface area contributed by atoms with Crippen molar-refractivity contribution in [3.8, 4) is 0 Å². The van der Waals surface area contributed by atoms with Crippen LogP contribution in [0.15, 0.2) is 24.3 Å². The van der Waals surface area contributed by atoms with Gasteiger partial charge in [0.15, 0.2) is 0 Å². The highest BCUT2D eigenvalue weighted by atomic mass is 32.2. The van der Waals surface area contributed by atoms with E-state index in [4.69, 9.17) is 5.73 Å². The minimum atomic E-state index is -3.50. The molecule has 1 aromatic rings. The summed E-state index contributed by atoms with van der Waals surface area (Å²) in [6, 6.07) is 7.46. The van der Waals surface area contributed by atoms with E-state index < -0.39 is 10.2 Å². The second-order valence-corrected chi connectivity index (χ2v) is 6.13. The number of nitrogens with one attached hydrogen (secondary N) is 1. The van der Waals surface area contributed by atoms with Crippen molar-refractivity contribution in [3.05, 3.63) is 29.8 Å². The second-order valence-electron chi connectivity index (χ2n) is 4.45. The van der Waals surface area contributed by atoms with Crippen LogP contribution in [0, 0.1) is 6.92 Å². The van der Waals surface area contributed by atoms with Crippen molar-refractivity contribution in [1.82, 2.24) is 4.72 Å². The van der Waals surface area contributed by atoms with Crippen molar-refractivity contribution in [2.24, 2.45) is 5.73 Å². The summed E-state index contributed by atoms with van der Waals surface area (Å²) in [6.45, 7) is 5.16. The first kappa shape index (κ1) is 15.9. The van der Waals surface area contributed by atoms with Gasteiger partial charge in [0.25, 0.3) is 0 Å². The van der Waals surface area contributed by atoms with Crippen molar-refractivity contribution < 1.29 is 8.42 Å². The molecule has 19 heavy (non-hydrogen) atoms. The Labute approximate surface area is 116 Å². The van der Waals surface area contributed by atoms with E-state index in [9.17, 15) is 8.42 Å². The molecule has 5 nitrogen and oxygen atoms in total. The minimum absolute atomic E-state index is 0.388. The lowest BCUT2D eigenvalue weighted by molar-refractivity contribution is 0.574. The predicted octanol–water partition coefficient (Wildman–Crippen LogP) is 1.39. The average Bonchev–Trinajstić information content (AvgIpc) is 2.37. The van der Waals surface area contributed by atoms with Gasteiger partial charge in [-0.2, -0.15) is 13.1 Å². The number of nitrogens with zero attached hydrogens (tertiary/aromatic N) is 1. The molecule has 0 fully saturated rings. The summed E-state index contributed by atoms with van der Waals surface area (Å²) in [7, 11) is -3.50. The number of benzene rings is 1. The molecular weight excluding hydrogens is 262 g/mol. The van der Waals surface area contributed by atoms with E-state index in [1.165, 1.54) is 4.31 Å². The highest BCUT2D eigenvalue weighted by Gasteiger charge is 2.21. The van der Waals surface area contributed by atoms with Gasteiger partial charge in [-0.05, 0) is 44.0 Å². The number of hydrogen-bond donors (Lipinski definition) is 2. The Morgan fingerprint density at radius 3 is 2.68 bits per heavy atom. The molecule has 0 atom stereocenters. The van der Waals surface area contributed by atoms with Gasteiger partial charge in [0.05, 0.1) is 5.69 Å². The van der Waals surface area contributed by atoms with Crippen LogP contribution in [-0.4, -0.2) is 28.1 Å². The minimum Gasteiger partial charge on any atom is -0.330 e. The molecule has 3 N–H and O–H groups in total. The molecule has 0 bridgehead atoms. The Morgan fingerprint density at radius 1 is 1.37 bits per heavy atom. The molecule has 0 aliphatic carbocycles. The van der Waals surface area contributed by atoms with Crippen molar-refractivity contribution in [3.63, 3.8) is 0 Å². The SMILES string of the molecule is CCCNS(=O)(=O)N(CCCN)c1cccc(C)c1. The fourth-order valence-electron chi connectivity index (χ4n) is 1.72. The van der Waals surface area contributed by atoms with Gasteiger partial charge in [-0.1, -0.05) is 19.1 Å². The maximum Gasteiger partial charge on any atom is 0.301 e. The van der Waals surface area contributed by atoms with Gasteiger partial charge in [0, 0.05) is 13.1 Å². The molecule has 0 heterocycles. The fraction of sp³-hybridized carbons (Fsp3) is 0.538. The van der Waals surface area contributed by atoms with E-state index in [0.717, 1.165) is 12.0 Å². The normalized spacial score (nSPS) is 11.5. The first-order chi connectivity index (χ1) is 9.01. The third-order valence-corrected chi connectivity index (χ3v) is 4.22. The van der Waals surface area contributed by atoms with E-state index >= 15 is 0 Å². The highest BCUT2D eigenvalue weighted by molar-refractivity contribution is 7.90. The predicted molar refractivity (Wildman–Crippen MR) is 79.4 cm³/mol. The van der Waals surface area contributed by atoms with E-state index in [1.807, 2.05) is 32.0 Å². The van der Waals surface area contributed by atoms with Gasteiger partial charge in [-0.25, -0.2) is 0 Å². The van der Waals surface area contributed by atoms with Gasteiger partial charge in [0.2, 0.25) is 0 Å². The zero-order valence-corrected chi connectivity index (χ0v) is 12.4. The second kappa shape index (κ2) is 7.47. The largest absolute Gasteiger partial charge is 0.330 e. The van der Waals surface area contributed by atoms with Crippen molar-refractivity contribution in [2.45, 2.75) is 26.7 Å². The van der Waals surface area contributed by atoms with Crippen LogP contribution in [-0.2, 0) is 10.2 Å². The Balaban J connectivity index is 3.00. The number of aryl methyl sites for hydroxylation is 1. The van der Waals surface area contributed by atoms with Crippen LogP contribution in [0.3, 0.4) is 0 Å². The standard InChI is InChI=1S/C13H23N3O2S/c1-3-9-15-19(17,18)16(10-5-8-14)13-7-4-6-12(2)11-13/h4,6-7,11,15H,3,5,8-10,14H2,1-2H3. The zero-order valence-electron chi connectivity index (χ0n) is 11.6. The Bertz CT molecular complexity index is 488. The molecule has 0 radical (unpaired) electrons. The van der Waals surface area contributed by atoms with E-state index in [1.54, 1.807) is 6.07 Å². The maximum atomic E-state index is 12.3. The van der Waals surface area contributed by atoms with Crippen LogP contribution < -0.4 is 14.8 Å². The summed E-state index contributed by atoms with van der Waals surface area (Å²) in [4.78, 5) is 0. The Hall–Kier alpha value is -1.11. The summed E-state index contributed by atoms with van der Waals surface area (Å²) in [6.07, 6.45) is 1.39. The Kier molecular flexibility index (Phi) is 6.27. The molecule has 0 aliphatic heterocycles. The maximum absolute atomic E-state index is 12.3. The lowest BCUT2D eigenvalue weighted by Gasteiger charge is -2.24. The molecule has 0 saturated carbocycles.